The Hall–Kier alpha value is -2.72. The fourth-order valence-corrected chi connectivity index (χ4v) is 3.69. The van der Waals surface area contributed by atoms with E-state index in [1.807, 2.05) is 12.1 Å². The van der Waals surface area contributed by atoms with Crippen LogP contribution in [0.1, 0.15) is 48.0 Å². The quantitative estimate of drug-likeness (QED) is 0.711. The Kier molecular flexibility index (Phi) is 5.14. The van der Waals surface area contributed by atoms with E-state index >= 15 is 0 Å². The first-order valence-corrected chi connectivity index (χ1v) is 9.96. The monoisotopic (exact) mass is 373 g/mol. The predicted octanol–water partition coefficient (Wildman–Crippen LogP) is 4.84. The van der Waals surface area contributed by atoms with Crippen molar-refractivity contribution in [2.45, 2.75) is 46.2 Å². The van der Waals surface area contributed by atoms with Gasteiger partial charge in [-0.05, 0) is 36.8 Å². The van der Waals surface area contributed by atoms with E-state index in [1.54, 1.807) is 12.1 Å². The molecule has 0 atom stereocenters. The molecule has 3 aromatic rings. The van der Waals surface area contributed by atoms with Gasteiger partial charge in [-0.2, -0.15) is 0 Å². The van der Waals surface area contributed by atoms with Gasteiger partial charge in [-0.1, -0.05) is 43.7 Å². The van der Waals surface area contributed by atoms with E-state index in [2.05, 4.69) is 49.9 Å². The number of fused-ring (bicyclic) bond motifs is 1. The van der Waals surface area contributed by atoms with Gasteiger partial charge < -0.3 is 5.11 Å². The molecule has 0 bridgehead atoms. The maximum absolute atomic E-state index is 9.67. The summed E-state index contributed by atoms with van der Waals surface area (Å²) in [7, 11) is 0. The molecule has 4 heteroatoms. The molecule has 0 spiro atoms. The van der Waals surface area contributed by atoms with Crippen LogP contribution in [0.25, 0.3) is 11.3 Å². The SMILES string of the molecule is Cc1ccc(CN2CCc3nc(C(C)C)nc(-c4ccc(O)cc4)c3C2)cc1. The van der Waals surface area contributed by atoms with Crippen LogP contribution in [0.3, 0.4) is 0 Å². The van der Waals surface area contributed by atoms with Crippen LogP contribution in [-0.4, -0.2) is 26.5 Å². The van der Waals surface area contributed by atoms with Gasteiger partial charge in [0.15, 0.2) is 0 Å². The molecule has 0 saturated carbocycles. The van der Waals surface area contributed by atoms with Crippen molar-refractivity contribution in [1.29, 1.82) is 0 Å². The second-order valence-electron chi connectivity index (χ2n) is 8.00. The zero-order valence-corrected chi connectivity index (χ0v) is 16.8. The van der Waals surface area contributed by atoms with Crippen LogP contribution in [0.2, 0.25) is 0 Å². The topological polar surface area (TPSA) is 49.2 Å². The van der Waals surface area contributed by atoms with Crippen LogP contribution >= 0.6 is 0 Å². The second kappa shape index (κ2) is 7.72. The van der Waals surface area contributed by atoms with Crippen LogP contribution in [0.5, 0.6) is 5.75 Å². The third-order valence-electron chi connectivity index (χ3n) is 5.34. The van der Waals surface area contributed by atoms with E-state index in [0.717, 1.165) is 43.1 Å². The molecule has 1 aliphatic heterocycles. The van der Waals surface area contributed by atoms with Crippen LogP contribution in [0, 0.1) is 6.92 Å². The summed E-state index contributed by atoms with van der Waals surface area (Å²) in [6, 6.07) is 16.1. The molecule has 4 rings (SSSR count). The maximum atomic E-state index is 9.67. The number of rotatable bonds is 4. The van der Waals surface area contributed by atoms with E-state index in [9.17, 15) is 5.11 Å². The van der Waals surface area contributed by atoms with Crippen LogP contribution in [0.15, 0.2) is 48.5 Å². The summed E-state index contributed by atoms with van der Waals surface area (Å²) in [5.41, 5.74) is 7.05. The Labute approximate surface area is 166 Å². The van der Waals surface area contributed by atoms with E-state index in [4.69, 9.17) is 9.97 Å². The highest BCUT2D eigenvalue weighted by molar-refractivity contribution is 5.65. The van der Waals surface area contributed by atoms with Gasteiger partial charge in [-0.15, -0.1) is 0 Å². The molecule has 4 nitrogen and oxygen atoms in total. The first-order valence-electron chi connectivity index (χ1n) is 9.96. The first kappa shape index (κ1) is 18.6. The lowest BCUT2D eigenvalue weighted by atomic mass is 9.97. The van der Waals surface area contributed by atoms with Gasteiger partial charge in [0, 0.05) is 43.1 Å². The van der Waals surface area contributed by atoms with Crippen LogP contribution < -0.4 is 0 Å². The lowest BCUT2D eigenvalue weighted by molar-refractivity contribution is 0.243. The zero-order valence-electron chi connectivity index (χ0n) is 16.8. The molecule has 0 aliphatic carbocycles. The van der Waals surface area contributed by atoms with Crippen LogP contribution in [0.4, 0.5) is 0 Å². The van der Waals surface area contributed by atoms with Crippen molar-refractivity contribution >= 4 is 0 Å². The molecule has 1 aliphatic rings. The minimum atomic E-state index is 0.275. The van der Waals surface area contributed by atoms with Gasteiger partial charge in [0.25, 0.3) is 0 Å². The van der Waals surface area contributed by atoms with Crippen molar-refractivity contribution in [3.8, 4) is 17.0 Å². The van der Waals surface area contributed by atoms with Gasteiger partial charge in [-0.3, -0.25) is 4.90 Å². The molecule has 0 unspecified atom stereocenters. The molecular weight excluding hydrogens is 346 g/mol. The van der Waals surface area contributed by atoms with Gasteiger partial charge in [0.2, 0.25) is 0 Å². The number of aryl methyl sites for hydroxylation is 1. The smallest absolute Gasteiger partial charge is 0.131 e. The minimum Gasteiger partial charge on any atom is -0.508 e. The molecule has 0 amide bonds. The molecule has 0 saturated heterocycles. The standard InChI is InChI=1S/C24H27N3O/c1-16(2)24-25-22-12-13-27(14-18-6-4-17(3)5-7-18)15-21(22)23(26-24)19-8-10-20(28)11-9-19/h4-11,16,28H,12-15H2,1-3H3. The molecule has 0 fully saturated rings. The Balaban J connectivity index is 1.68. The van der Waals surface area contributed by atoms with Gasteiger partial charge in [0.1, 0.15) is 11.6 Å². The van der Waals surface area contributed by atoms with Crippen molar-refractivity contribution in [2.75, 3.05) is 6.54 Å². The molecule has 2 heterocycles. The minimum absolute atomic E-state index is 0.275. The maximum Gasteiger partial charge on any atom is 0.131 e. The van der Waals surface area contributed by atoms with E-state index < -0.39 is 0 Å². The summed E-state index contributed by atoms with van der Waals surface area (Å²) < 4.78 is 0. The highest BCUT2D eigenvalue weighted by Crippen LogP contribution is 2.31. The molecule has 0 radical (unpaired) electrons. The number of phenolic OH excluding ortho intramolecular Hbond substituents is 1. The molecule has 2 aromatic carbocycles. The normalized spacial score (nSPS) is 14.3. The van der Waals surface area contributed by atoms with Gasteiger partial charge >= 0.3 is 0 Å². The Morgan fingerprint density at radius 2 is 1.71 bits per heavy atom. The largest absolute Gasteiger partial charge is 0.508 e. The number of hydrogen-bond acceptors (Lipinski definition) is 4. The first-order chi connectivity index (χ1) is 13.5. The van der Waals surface area contributed by atoms with Gasteiger partial charge in [-0.25, -0.2) is 9.97 Å². The number of benzene rings is 2. The fraction of sp³-hybridized carbons (Fsp3) is 0.333. The summed E-state index contributed by atoms with van der Waals surface area (Å²) in [5.74, 6) is 1.46. The summed E-state index contributed by atoms with van der Waals surface area (Å²) in [5, 5.41) is 9.67. The van der Waals surface area contributed by atoms with Crippen molar-refractivity contribution in [2.24, 2.45) is 0 Å². The van der Waals surface area contributed by atoms with Crippen molar-refractivity contribution in [1.82, 2.24) is 14.9 Å². The summed E-state index contributed by atoms with van der Waals surface area (Å²) in [6.45, 7) is 9.17. The summed E-state index contributed by atoms with van der Waals surface area (Å²) in [6.07, 6.45) is 0.939. The second-order valence-corrected chi connectivity index (χ2v) is 8.00. The zero-order chi connectivity index (χ0) is 19.7. The highest BCUT2D eigenvalue weighted by atomic mass is 16.3. The number of aromatic nitrogens is 2. The van der Waals surface area contributed by atoms with Crippen molar-refractivity contribution in [3.05, 3.63) is 76.7 Å². The fourth-order valence-electron chi connectivity index (χ4n) is 3.69. The van der Waals surface area contributed by atoms with E-state index in [1.165, 1.54) is 22.4 Å². The van der Waals surface area contributed by atoms with Crippen molar-refractivity contribution in [3.63, 3.8) is 0 Å². The Morgan fingerprint density at radius 1 is 1.00 bits per heavy atom. The van der Waals surface area contributed by atoms with Gasteiger partial charge in [0.05, 0.1) is 11.4 Å². The summed E-state index contributed by atoms with van der Waals surface area (Å²) in [4.78, 5) is 12.3. The third-order valence-corrected chi connectivity index (χ3v) is 5.34. The molecular formula is C24H27N3O. The Morgan fingerprint density at radius 3 is 2.39 bits per heavy atom. The molecule has 28 heavy (non-hydrogen) atoms. The third kappa shape index (κ3) is 3.92. The van der Waals surface area contributed by atoms with E-state index in [-0.39, 0.29) is 11.7 Å². The Bertz CT molecular complexity index is 962. The highest BCUT2D eigenvalue weighted by Gasteiger charge is 2.24. The average molecular weight is 374 g/mol. The lowest BCUT2D eigenvalue weighted by Gasteiger charge is -2.30. The number of hydrogen-bond donors (Lipinski definition) is 1. The number of nitrogens with zero attached hydrogens (tertiary/aromatic N) is 3. The molecule has 144 valence electrons. The number of aromatic hydroxyl groups is 1. The van der Waals surface area contributed by atoms with Crippen LogP contribution in [-0.2, 0) is 19.5 Å². The molecule has 1 N–H and O–H groups in total. The average Bonchev–Trinajstić information content (AvgIpc) is 2.69. The van der Waals surface area contributed by atoms with Crippen molar-refractivity contribution < 1.29 is 5.11 Å². The lowest BCUT2D eigenvalue weighted by Crippen LogP contribution is -2.32. The molecule has 1 aromatic heterocycles. The van der Waals surface area contributed by atoms with E-state index in [0.29, 0.717) is 0 Å². The summed E-state index contributed by atoms with van der Waals surface area (Å²) >= 11 is 0. The predicted molar refractivity (Wildman–Crippen MR) is 112 cm³/mol. The number of phenols is 1.